The van der Waals surface area contributed by atoms with E-state index in [1.807, 2.05) is 19.0 Å². The van der Waals surface area contributed by atoms with E-state index in [9.17, 15) is 4.79 Å². The molecule has 1 saturated heterocycles. The van der Waals surface area contributed by atoms with Gasteiger partial charge in [-0.25, -0.2) is 4.98 Å². The minimum atomic E-state index is 0.0708. The van der Waals surface area contributed by atoms with Crippen LogP contribution in [0.15, 0.2) is 5.38 Å². The third kappa shape index (κ3) is 4.68. The Morgan fingerprint density at radius 1 is 1.50 bits per heavy atom. The molecule has 1 fully saturated rings. The molecule has 1 atom stereocenters. The molecule has 1 aromatic heterocycles. The summed E-state index contributed by atoms with van der Waals surface area (Å²) >= 11 is 1.65. The van der Waals surface area contributed by atoms with Gasteiger partial charge in [-0.05, 0) is 32.4 Å². The summed E-state index contributed by atoms with van der Waals surface area (Å²) in [6.07, 6.45) is 5.28. The fourth-order valence-electron chi connectivity index (χ4n) is 2.89. The number of carbonyl (C=O) groups excluding carboxylic acids is 1. The smallest absolute Gasteiger partial charge is 0.237 e. The lowest BCUT2D eigenvalue weighted by atomic mass is 10.0. The predicted molar refractivity (Wildman–Crippen MR) is 92.7 cm³/mol. The zero-order valence-electron chi connectivity index (χ0n) is 14.0. The molecule has 0 radical (unpaired) electrons. The second-order valence-corrected chi connectivity index (χ2v) is 6.94. The summed E-state index contributed by atoms with van der Waals surface area (Å²) in [7, 11) is 3.99. The molecule has 0 saturated carbocycles. The lowest BCUT2D eigenvalue weighted by Gasteiger charge is -2.34. The van der Waals surface area contributed by atoms with Crippen LogP contribution in [0.25, 0.3) is 0 Å². The van der Waals surface area contributed by atoms with Gasteiger partial charge >= 0.3 is 0 Å². The van der Waals surface area contributed by atoms with Gasteiger partial charge in [0.25, 0.3) is 0 Å². The van der Waals surface area contributed by atoms with E-state index in [0.717, 1.165) is 49.6 Å². The van der Waals surface area contributed by atoms with Crippen LogP contribution in [0.4, 0.5) is 5.13 Å². The molecular formula is C16H28N4OS. The van der Waals surface area contributed by atoms with Crippen LogP contribution in [-0.4, -0.2) is 55.6 Å². The molecule has 124 valence electrons. The number of likely N-dealkylation sites (tertiary alicyclic amines) is 1. The summed E-state index contributed by atoms with van der Waals surface area (Å²) < 4.78 is 0. The molecule has 2 heterocycles. The molecule has 1 amide bonds. The molecule has 0 aromatic carbocycles. The van der Waals surface area contributed by atoms with E-state index in [2.05, 4.69) is 27.5 Å². The highest BCUT2D eigenvalue weighted by Crippen LogP contribution is 2.19. The van der Waals surface area contributed by atoms with Crippen LogP contribution < -0.4 is 10.2 Å². The number of anilines is 1. The summed E-state index contributed by atoms with van der Waals surface area (Å²) in [6, 6.07) is 0.0708. The second kappa shape index (κ2) is 8.48. The van der Waals surface area contributed by atoms with Crippen molar-refractivity contribution >= 4 is 22.4 Å². The molecule has 1 aliphatic rings. The first-order chi connectivity index (χ1) is 10.6. The summed E-state index contributed by atoms with van der Waals surface area (Å²) in [4.78, 5) is 21.3. The molecule has 0 aliphatic carbocycles. The average Bonchev–Trinajstić information content (AvgIpc) is 2.97. The molecule has 2 rings (SSSR count). The van der Waals surface area contributed by atoms with Gasteiger partial charge in [-0.1, -0.05) is 13.3 Å². The molecule has 1 N–H and O–H groups in total. The van der Waals surface area contributed by atoms with Gasteiger partial charge in [0.15, 0.2) is 5.13 Å². The van der Waals surface area contributed by atoms with Crippen molar-refractivity contribution in [1.82, 2.24) is 15.2 Å². The van der Waals surface area contributed by atoms with Gasteiger partial charge in [0.2, 0.25) is 5.91 Å². The molecule has 1 unspecified atom stereocenters. The van der Waals surface area contributed by atoms with Gasteiger partial charge < -0.3 is 10.2 Å². The molecule has 0 spiro atoms. The highest BCUT2D eigenvalue weighted by Gasteiger charge is 2.27. The van der Waals surface area contributed by atoms with Crippen molar-refractivity contribution < 1.29 is 4.79 Å². The quantitative estimate of drug-likeness (QED) is 0.835. The second-order valence-electron chi connectivity index (χ2n) is 6.10. The van der Waals surface area contributed by atoms with E-state index in [1.165, 1.54) is 6.42 Å². The molecule has 22 heavy (non-hydrogen) atoms. The Labute approximate surface area is 137 Å². The van der Waals surface area contributed by atoms with Crippen molar-refractivity contribution in [2.45, 2.75) is 45.1 Å². The maximum absolute atomic E-state index is 12.4. The first kappa shape index (κ1) is 17.2. The molecule has 5 nitrogen and oxygen atoms in total. The van der Waals surface area contributed by atoms with E-state index >= 15 is 0 Å². The molecule has 1 aliphatic heterocycles. The molecule has 1 aromatic rings. The predicted octanol–water partition coefficient (Wildman–Crippen LogP) is 2.13. The maximum atomic E-state index is 12.4. The highest BCUT2D eigenvalue weighted by molar-refractivity contribution is 7.13. The fraction of sp³-hybridized carbons (Fsp3) is 0.750. The van der Waals surface area contributed by atoms with E-state index in [0.29, 0.717) is 6.54 Å². The monoisotopic (exact) mass is 324 g/mol. The molecule has 0 bridgehead atoms. The number of nitrogens with zero attached hydrogens (tertiary/aromatic N) is 3. The molecule has 6 heteroatoms. The minimum absolute atomic E-state index is 0.0708. The van der Waals surface area contributed by atoms with Crippen LogP contribution in [0.5, 0.6) is 0 Å². The van der Waals surface area contributed by atoms with Gasteiger partial charge in [0.05, 0.1) is 11.7 Å². The molecular weight excluding hydrogens is 296 g/mol. The maximum Gasteiger partial charge on any atom is 0.237 e. The van der Waals surface area contributed by atoms with Crippen LogP contribution in [0.3, 0.4) is 0 Å². The zero-order valence-corrected chi connectivity index (χ0v) is 14.8. The van der Waals surface area contributed by atoms with E-state index < -0.39 is 0 Å². The highest BCUT2D eigenvalue weighted by atomic mass is 32.1. The SMILES string of the molecule is CCCN1CCCCC1C(=O)NCCc1csc(N(C)C)n1. The van der Waals surface area contributed by atoms with E-state index in [-0.39, 0.29) is 11.9 Å². The summed E-state index contributed by atoms with van der Waals surface area (Å²) in [5.41, 5.74) is 1.06. The number of thiazole rings is 1. The van der Waals surface area contributed by atoms with Crippen molar-refractivity contribution in [3.05, 3.63) is 11.1 Å². The Morgan fingerprint density at radius 2 is 2.32 bits per heavy atom. The Kier molecular flexibility index (Phi) is 6.64. The number of hydrogen-bond acceptors (Lipinski definition) is 5. The Morgan fingerprint density at radius 3 is 3.00 bits per heavy atom. The van der Waals surface area contributed by atoms with Gasteiger partial charge in [-0.2, -0.15) is 0 Å². The number of nitrogens with one attached hydrogen (secondary N) is 1. The number of piperidine rings is 1. The number of aromatic nitrogens is 1. The van der Waals surface area contributed by atoms with Gasteiger partial charge in [0, 0.05) is 32.4 Å². The first-order valence-electron chi connectivity index (χ1n) is 8.25. The summed E-state index contributed by atoms with van der Waals surface area (Å²) in [6.45, 7) is 4.93. The standard InChI is InChI=1S/C16H28N4OS/c1-4-10-20-11-6-5-7-14(20)15(21)17-9-8-13-12-22-16(18-13)19(2)3/h12,14H,4-11H2,1-3H3,(H,17,21). The zero-order chi connectivity index (χ0) is 15.9. The van der Waals surface area contributed by atoms with Gasteiger partial charge in [0.1, 0.15) is 0 Å². The van der Waals surface area contributed by atoms with Crippen molar-refractivity contribution in [2.75, 3.05) is 38.6 Å². The van der Waals surface area contributed by atoms with Crippen LogP contribution in [0.1, 0.15) is 38.3 Å². The van der Waals surface area contributed by atoms with Crippen LogP contribution in [0.2, 0.25) is 0 Å². The lowest BCUT2D eigenvalue weighted by Crippen LogP contribution is -2.50. The minimum Gasteiger partial charge on any atom is -0.354 e. The Bertz CT molecular complexity index is 472. The number of carbonyl (C=O) groups is 1. The van der Waals surface area contributed by atoms with Crippen LogP contribution in [0, 0.1) is 0 Å². The number of amides is 1. The summed E-state index contributed by atoms with van der Waals surface area (Å²) in [5.74, 6) is 0.191. The topological polar surface area (TPSA) is 48.5 Å². The van der Waals surface area contributed by atoms with Crippen LogP contribution in [-0.2, 0) is 11.2 Å². The van der Waals surface area contributed by atoms with E-state index in [1.54, 1.807) is 11.3 Å². The van der Waals surface area contributed by atoms with Gasteiger partial charge in [-0.15, -0.1) is 11.3 Å². The number of hydrogen-bond donors (Lipinski definition) is 1. The largest absolute Gasteiger partial charge is 0.354 e. The lowest BCUT2D eigenvalue weighted by molar-refractivity contribution is -0.127. The Balaban J connectivity index is 1.78. The number of rotatable bonds is 7. The Hall–Kier alpha value is -1.14. The van der Waals surface area contributed by atoms with Crippen LogP contribution >= 0.6 is 11.3 Å². The third-order valence-electron chi connectivity index (χ3n) is 4.03. The van der Waals surface area contributed by atoms with Crippen molar-refractivity contribution in [3.8, 4) is 0 Å². The van der Waals surface area contributed by atoms with Crippen molar-refractivity contribution in [3.63, 3.8) is 0 Å². The average molecular weight is 324 g/mol. The normalized spacial score (nSPS) is 19.1. The first-order valence-corrected chi connectivity index (χ1v) is 9.13. The fourth-order valence-corrected chi connectivity index (χ4v) is 3.68. The van der Waals surface area contributed by atoms with Gasteiger partial charge in [-0.3, -0.25) is 9.69 Å². The van der Waals surface area contributed by atoms with Crippen molar-refractivity contribution in [2.24, 2.45) is 0 Å². The van der Waals surface area contributed by atoms with E-state index in [4.69, 9.17) is 0 Å². The third-order valence-corrected chi connectivity index (χ3v) is 5.09. The van der Waals surface area contributed by atoms with Crippen molar-refractivity contribution in [1.29, 1.82) is 0 Å². The summed E-state index contributed by atoms with van der Waals surface area (Å²) in [5, 5.41) is 6.19.